The summed E-state index contributed by atoms with van der Waals surface area (Å²) in [6.07, 6.45) is 1.61. The lowest BCUT2D eigenvalue weighted by Crippen LogP contribution is -2.34. The van der Waals surface area contributed by atoms with Crippen LogP contribution in [-0.2, 0) is 22.1 Å². The quantitative estimate of drug-likeness (QED) is 0.702. The van der Waals surface area contributed by atoms with Gasteiger partial charge in [0.15, 0.2) is 0 Å². The fourth-order valence-corrected chi connectivity index (χ4v) is 4.17. The normalized spacial score (nSPS) is 17.7. The Bertz CT molecular complexity index is 1120. The van der Waals surface area contributed by atoms with Crippen molar-refractivity contribution in [3.8, 4) is 11.1 Å². The molecule has 1 fully saturated rings. The summed E-state index contributed by atoms with van der Waals surface area (Å²) < 4.78 is 45.2. The van der Waals surface area contributed by atoms with Gasteiger partial charge in [-0.3, -0.25) is 9.78 Å². The zero-order valence-corrected chi connectivity index (χ0v) is 16.0. The molecule has 5 heterocycles. The van der Waals surface area contributed by atoms with Crippen LogP contribution in [0.4, 0.5) is 18.9 Å². The zero-order chi connectivity index (χ0) is 20.9. The summed E-state index contributed by atoms with van der Waals surface area (Å²) in [6, 6.07) is 3.29. The molecule has 3 aromatic rings. The smallest absolute Gasteiger partial charge is 0.381 e. The lowest BCUT2D eigenvalue weighted by Gasteiger charge is -2.27. The molecule has 0 unspecified atom stereocenters. The number of amides is 1. The van der Waals surface area contributed by atoms with E-state index in [4.69, 9.17) is 4.74 Å². The number of nitrogens with zero attached hydrogens (tertiary/aromatic N) is 3. The molecular weight excluding hydrogens is 397 g/mol. The van der Waals surface area contributed by atoms with Crippen LogP contribution in [-0.4, -0.2) is 40.6 Å². The summed E-state index contributed by atoms with van der Waals surface area (Å²) in [4.78, 5) is 25.4. The second kappa shape index (κ2) is 7.09. The Kier molecular flexibility index (Phi) is 4.50. The molecule has 1 N–H and O–H groups in total. The van der Waals surface area contributed by atoms with E-state index in [0.29, 0.717) is 42.5 Å². The van der Waals surface area contributed by atoms with Gasteiger partial charge in [0.2, 0.25) is 5.91 Å². The number of hydrogen-bond acceptors (Lipinski definition) is 4. The van der Waals surface area contributed by atoms with E-state index in [9.17, 15) is 18.0 Å². The first kappa shape index (κ1) is 19.0. The molecule has 0 bridgehead atoms. The number of rotatable bonds is 3. The molecule has 0 radical (unpaired) electrons. The Hall–Kier alpha value is -2.94. The van der Waals surface area contributed by atoms with Crippen LogP contribution in [0, 0.1) is 5.92 Å². The summed E-state index contributed by atoms with van der Waals surface area (Å²) in [5.41, 5.74) is 2.00. The molecule has 2 aliphatic heterocycles. The monoisotopic (exact) mass is 416 g/mol. The van der Waals surface area contributed by atoms with Crippen LogP contribution in [0.15, 0.2) is 30.7 Å². The van der Waals surface area contributed by atoms with Crippen LogP contribution in [0.1, 0.15) is 24.1 Å². The Labute approximate surface area is 170 Å². The minimum atomic E-state index is -4.47. The van der Waals surface area contributed by atoms with E-state index in [1.807, 2.05) is 6.07 Å². The Morgan fingerprint density at radius 2 is 1.87 bits per heavy atom. The highest BCUT2D eigenvalue weighted by Crippen LogP contribution is 2.37. The highest BCUT2D eigenvalue weighted by Gasteiger charge is 2.34. The van der Waals surface area contributed by atoms with Gasteiger partial charge >= 0.3 is 6.18 Å². The summed E-state index contributed by atoms with van der Waals surface area (Å²) in [6.45, 7) is 2.00. The molecule has 1 amide bonds. The van der Waals surface area contributed by atoms with Gasteiger partial charge in [0.1, 0.15) is 5.65 Å². The van der Waals surface area contributed by atoms with Gasteiger partial charge in [-0.25, -0.2) is 4.98 Å². The first-order valence-corrected chi connectivity index (χ1v) is 9.82. The van der Waals surface area contributed by atoms with Gasteiger partial charge in [-0.15, -0.1) is 0 Å². The second-order valence-electron chi connectivity index (χ2n) is 7.75. The number of nitrogens with one attached hydrogen (secondary N) is 1. The van der Waals surface area contributed by atoms with Crippen molar-refractivity contribution < 1.29 is 22.7 Å². The fraction of sp³-hybridized carbons (Fsp3) is 0.381. The molecular formula is C21H19F3N4O2. The topological polar surface area (TPSA) is 71.1 Å². The van der Waals surface area contributed by atoms with Crippen LogP contribution < -0.4 is 4.90 Å². The average molecular weight is 416 g/mol. The number of carbonyl (C=O) groups is 1. The maximum atomic E-state index is 13.3. The SMILES string of the molecule is O=C1Cc2ncc(-c3cnc4[nH]cc(C(F)(F)F)c4c3)cc2N1CC1CCOCC1. The van der Waals surface area contributed by atoms with Crippen molar-refractivity contribution >= 4 is 22.6 Å². The van der Waals surface area contributed by atoms with Gasteiger partial charge in [0, 0.05) is 54.9 Å². The van der Waals surface area contributed by atoms with Crippen molar-refractivity contribution in [3.05, 3.63) is 42.0 Å². The Morgan fingerprint density at radius 3 is 2.63 bits per heavy atom. The minimum absolute atomic E-state index is 0.000267. The standard InChI is InChI=1S/C21H19F3N4O2/c22-21(23,24)16-10-27-20-15(16)5-13(9-26-20)14-6-18-17(25-8-14)7-19(29)28(18)11-12-1-3-30-4-2-12/h5-6,8-10,12H,1-4,7,11H2,(H,26,27). The molecule has 9 heteroatoms. The van der Waals surface area contributed by atoms with Crippen molar-refractivity contribution in [2.75, 3.05) is 24.7 Å². The highest BCUT2D eigenvalue weighted by atomic mass is 19.4. The van der Waals surface area contributed by atoms with Gasteiger partial charge in [0.25, 0.3) is 0 Å². The Balaban J connectivity index is 1.50. The number of hydrogen-bond donors (Lipinski definition) is 1. The van der Waals surface area contributed by atoms with Crippen LogP contribution in [0.5, 0.6) is 0 Å². The van der Waals surface area contributed by atoms with Gasteiger partial charge < -0.3 is 14.6 Å². The average Bonchev–Trinajstić information content (AvgIpc) is 3.29. The summed E-state index contributed by atoms with van der Waals surface area (Å²) in [5, 5.41) is 0.00985. The molecule has 1 saturated heterocycles. The Morgan fingerprint density at radius 1 is 1.13 bits per heavy atom. The van der Waals surface area contributed by atoms with Crippen LogP contribution in [0.2, 0.25) is 0 Å². The predicted molar refractivity (Wildman–Crippen MR) is 104 cm³/mol. The molecule has 0 saturated carbocycles. The van der Waals surface area contributed by atoms with E-state index in [0.717, 1.165) is 24.7 Å². The first-order chi connectivity index (χ1) is 14.4. The van der Waals surface area contributed by atoms with Gasteiger partial charge in [-0.2, -0.15) is 13.2 Å². The van der Waals surface area contributed by atoms with Crippen LogP contribution in [0.3, 0.4) is 0 Å². The molecule has 2 aliphatic rings. The number of aromatic amines is 1. The third-order valence-corrected chi connectivity index (χ3v) is 5.81. The number of halogens is 3. The molecule has 6 nitrogen and oxygen atoms in total. The molecule has 0 aliphatic carbocycles. The van der Waals surface area contributed by atoms with Gasteiger partial charge in [0.05, 0.1) is 23.4 Å². The zero-order valence-electron chi connectivity index (χ0n) is 16.0. The lowest BCUT2D eigenvalue weighted by atomic mass is 9.99. The molecule has 0 aromatic carbocycles. The third-order valence-electron chi connectivity index (χ3n) is 5.81. The van der Waals surface area contributed by atoms with Crippen molar-refractivity contribution in [3.63, 3.8) is 0 Å². The van der Waals surface area contributed by atoms with E-state index >= 15 is 0 Å². The maximum Gasteiger partial charge on any atom is 0.418 e. The molecule has 0 spiro atoms. The number of carbonyl (C=O) groups excluding carboxylic acids is 1. The van der Waals surface area contributed by atoms with E-state index in [2.05, 4.69) is 15.0 Å². The molecule has 0 atom stereocenters. The van der Waals surface area contributed by atoms with E-state index in [1.54, 1.807) is 11.1 Å². The predicted octanol–water partition coefficient (Wildman–Crippen LogP) is 3.96. The number of fused-ring (bicyclic) bond motifs is 2. The van der Waals surface area contributed by atoms with Crippen molar-refractivity contribution in [1.29, 1.82) is 0 Å². The molecule has 30 heavy (non-hydrogen) atoms. The fourth-order valence-electron chi connectivity index (χ4n) is 4.17. The number of pyridine rings is 2. The molecule has 5 rings (SSSR count). The van der Waals surface area contributed by atoms with E-state index in [1.165, 1.54) is 12.3 Å². The summed E-state index contributed by atoms with van der Waals surface area (Å²) >= 11 is 0. The first-order valence-electron chi connectivity index (χ1n) is 9.82. The minimum Gasteiger partial charge on any atom is -0.381 e. The van der Waals surface area contributed by atoms with Crippen LogP contribution >= 0.6 is 0 Å². The van der Waals surface area contributed by atoms with Crippen LogP contribution in [0.25, 0.3) is 22.2 Å². The van der Waals surface area contributed by atoms with Crippen molar-refractivity contribution in [1.82, 2.24) is 15.0 Å². The molecule has 3 aromatic heterocycles. The highest BCUT2D eigenvalue weighted by molar-refractivity contribution is 6.01. The van der Waals surface area contributed by atoms with Gasteiger partial charge in [-0.1, -0.05) is 0 Å². The second-order valence-corrected chi connectivity index (χ2v) is 7.75. The third kappa shape index (κ3) is 3.32. The van der Waals surface area contributed by atoms with Gasteiger partial charge in [-0.05, 0) is 30.9 Å². The lowest BCUT2D eigenvalue weighted by molar-refractivity contribution is -0.136. The largest absolute Gasteiger partial charge is 0.418 e. The number of ether oxygens (including phenoxy) is 1. The number of anilines is 1. The number of aromatic nitrogens is 3. The summed E-state index contributed by atoms with van der Waals surface area (Å²) in [7, 11) is 0. The number of H-pyrrole nitrogens is 1. The number of alkyl halides is 3. The maximum absolute atomic E-state index is 13.3. The van der Waals surface area contributed by atoms with Crippen molar-refractivity contribution in [2.24, 2.45) is 5.92 Å². The van der Waals surface area contributed by atoms with E-state index in [-0.39, 0.29) is 23.4 Å². The van der Waals surface area contributed by atoms with E-state index < -0.39 is 11.7 Å². The van der Waals surface area contributed by atoms with Crippen molar-refractivity contribution in [2.45, 2.75) is 25.4 Å². The summed E-state index contributed by atoms with van der Waals surface area (Å²) in [5.74, 6) is 0.365. The molecule has 156 valence electrons.